The van der Waals surface area contributed by atoms with Crippen LogP contribution in [-0.2, 0) is 43.3 Å². The summed E-state index contributed by atoms with van der Waals surface area (Å²) in [6.07, 6.45) is 1.02. The molecule has 0 aliphatic rings. The van der Waals surface area contributed by atoms with Crippen LogP contribution in [0.2, 0.25) is 0 Å². The topological polar surface area (TPSA) is 124 Å². The van der Waals surface area contributed by atoms with Gasteiger partial charge in [0.05, 0.1) is 23.8 Å². The summed E-state index contributed by atoms with van der Waals surface area (Å²) in [5.74, 6) is -5.04. The van der Waals surface area contributed by atoms with E-state index in [1.807, 2.05) is 13.8 Å². The van der Waals surface area contributed by atoms with E-state index in [9.17, 15) is 29.4 Å². The van der Waals surface area contributed by atoms with Gasteiger partial charge in [0, 0.05) is 0 Å². The first kappa shape index (κ1) is 26.8. The summed E-state index contributed by atoms with van der Waals surface area (Å²) >= 11 is 1.70. The van der Waals surface area contributed by atoms with Gasteiger partial charge in [-0.3, -0.25) is 9.59 Å². The first-order chi connectivity index (χ1) is 10.5. The normalized spacial score (nSPS) is 12.0. The second-order valence-corrected chi connectivity index (χ2v) is 5.32. The van der Waals surface area contributed by atoms with Crippen LogP contribution >= 0.6 is 0 Å². The van der Waals surface area contributed by atoms with Gasteiger partial charge in [-0.25, -0.2) is 0 Å². The van der Waals surface area contributed by atoms with E-state index in [-0.39, 0.29) is 11.6 Å². The van der Waals surface area contributed by atoms with Crippen LogP contribution < -0.4 is 10.2 Å². The number of aliphatic carboxylic acids is 2. The molecule has 0 N–H and O–H groups in total. The minimum absolute atomic E-state index is 0.317. The average molecular weight is 365 g/mol. The summed E-state index contributed by atoms with van der Waals surface area (Å²) in [4.78, 5) is 40.9. The molecule has 0 aromatic carbocycles. The van der Waals surface area contributed by atoms with Crippen LogP contribution in [0.1, 0.15) is 54.4 Å². The molecule has 0 aromatic rings. The van der Waals surface area contributed by atoms with Crippen LogP contribution in [0.5, 0.6) is 0 Å². The second-order valence-electron chi connectivity index (χ2n) is 4.95. The molecule has 0 heterocycles. The fraction of sp³-hybridized carbons (Fsp3) is 0.733. The van der Waals surface area contributed by atoms with Crippen molar-refractivity contribution in [2.24, 2.45) is 11.8 Å². The van der Waals surface area contributed by atoms with E-state index in [4.69, 9.17) is 3.32 Å². The average Bonchev–Trinajstić information content (AvgIpc) is 2.39. The molecule has 0 aliphatic heterocycles. The van der Waals surface area contributed by atoms with Gasteiger partial charge in [-0.2, -0.15) is 0 Å². The fourth-order valence-electron chi connectivity index (χ4n) is 1.24. The summed E-state index contributed by atoms with van der Waals surface area (Å²) in [6.45, 7) is 9.79. The van der Waals surface area contributed by atoms with Gasteiger partial charge in [-0.1, -0.05) is 13.8 Å². The predicted octanol–water partition coefficient (Wildman–Crippen LogP) is -0.424. The SMILES string of the molecule is CC(C)[O][Ti+2].CCC(C(C)=O)C(=O)[O-].CCC(C(C)=O)C(=O)[O-]. The third-order valence-corrected chi connectivity index (χ3v) is 3.34. The molecule has 2 unspecified atom stereocenters. The van der Waals surface area contributed by atoms with E-state index in [0.717, 1.165) is 0 Å². The molecule has 0 aliphatic carbocycles. The maximum absolute atomic E-state index is 10.4. The molecule has 2 atom stereocenters. The Kier molecular flexibility index (Phi) is 18.5. The molecule has 0 spiro atoms. The van der Waals surface area contributed by atoms with Gasteiger partial charge in [0.1, 0.15) is 11.6 Å². The molecule has 0 bridgehead atoms. The van der Waals surface area contributed by atoms with Gasteiger partial charge >= 0.3 is 44.1 Å². The Balaban J connectivity index is -0.000000273. The summed E-state index contributed by atoms with van der Waals surface area (Å²) in [5.41, 5.74) is 0. The quantitative estimate of drug-likeness (QED) is 0.443. The Labute approximate surface area is 149 Å². The zero-order valence-electron chi connectivity index (χ0n) is 14.5. The van der Waals surface area contributed by atoms with Crippen LogP contribution in [0.15, 0.2) is 0 Å². The molecule has 23 heavy (non-hydrogen) atoms. The van der Waals surface area contributed by atoms with Crippen molar-refractivity contribution in [3.05, 3.63) is 0 Å². The van der Waals surface area contributed by atoms with Crippen LogP contribution in [0.4, 0.5) is 0 Å². The second kappa shape index (κ2) is 15.8. The molecular formula is C15H25O7Ti. The van der Waals surface area contributed by atoms with Crippen molar-refractivity contribution in [3.8, 4) is 0 Å². The summed E-state index contributed by atoms with van der Waals surface area (Å²) in [7, 11) is 0. The van der Waals surface area contributed by atoms with E-state index in [1.165, 1.54) is 13.8 Å². The molecule has 0 saturated carbocycles. The first-order valence-electron chi connectivity index (χ1n) is 7.20. The van der Waals surface area contributed by atoms with Crippen LogP contribution in [0.3, 0.4) is 0 Å². The maximum atomic E-state index is 10.4. The molecule has 0 fully saturated rings. The number of carbonyl (C=O) groups is 4. The molecular weight excluding hydrogens is 340 g/mol. The van der Waals surface area contributed by atoms with Crippen molar-refractivity contribution in [1.82, 2.24) is 0 Å². The molecule has 0 rings (SSSR count). The Morgan fingerprint density at radius 1 is 0.870 bits per heavy atom. The monoisotopic (exact) mass is 365 g/mol. The van der Waals surface area contributed by atoms with Gasteiger partial charge in [0.2, 0.25) is 0 Å². The standard InChI is InChI=1S/2C6H10O3.C3H7O.Ti/c2*1-3-5(4(2)7)6(8)9;1-3(2)4;/h2*5H,3H2,1-2H3,(H,8,9);3H,1-2H3;/q;;-1;+3/p-2. The van der Waals surface area contributed by atoms with Crippen molar-refractivity contribution in [1.29, 1.82) is 0 Å². The van der Waals surface area contributed by atoms with Gasteiger partial charge in [0.25, 0.3) is 0 Å². The molecule has 131 valence electrons. The van der Waals surface area contributed by atoms with E-state index >= 15 is 0 Å². The zero-order valence-corrected chi connectivity index (χ0v) is 16.1. The van der Waals surface area contributed by atoms with Crippen LogP contribution in [0, 0.1) is 11.8 Å². The third-order valence-electron chi connectivity index (χ3n) is 2.60. The minimum atomic E-state index is -1.27. The van der Waals surface area contributed by atoms with Crippen molar-refractivity contribution in [2.75, 3.05) is 0 Å². The molecule has 0 radical (unpaired) electrons. The number of hydrogen-bond donors (Lipinski definition) is 0. The molecule has 0 aromatic heterocycles. The number of hydrogen-bond acceptors (Lipinski definition) is 7. The van der Waals surface area contributed by atoms with Gasteiger partial charge < -0.3 is 19.8 Å². The maximum Gasteiger partial charge on any atom is 0.138 e. The number of carbonyl (C=O) groups excluding carboxylic acids is 4. The van der Waals surface area contributed by atoms with Crippen molar-refractivity contribution in [3.63, 3.8) is 0 Å². The summed E-state index contributed by atoms with van der Waals surface area (Å²) in [6, 6.07) is 0. The Morgan fingerprint density at radius 3 is 1.09 bits per heavy atom. The smallest absolute Gasteiger partial charge is 0.138 e. The first-order valence-corrected chi connectivity index (χ1v) is 7.84. The van der Waals surface area contributed by atoms with Crippen molar-refractivity contribution >= 4 is 23.5 Å². The number of Topliss-reactive ketones (excluding diaryl/α,β-unsaturated/α-hetero) is 2. The Hall–Kier alpha value is -1.05. The molecule has 0 saturated heterocycles. The van der Waals surface area contributed by atoms with Crippen LogP contribution in [-0.4, -0.2) is 29.6 Å². The van der Waals surface area contributed by atoms with Crippen molar-refractivity contribution < 1.29 is 53.5 Å². The Bertz CT molecular complexity index is 320. The molecule has 8 heteroatoms. The zero-order chi connectivity index (χ0) is 19.2. The molecule has 7 nitrogen and oxygen atoms in total. The summed E-state index contributed by atoms with van der Waals surface area (Å²) < 4.78 is 4.75. The number of ketones is 2. The van der Waals surface area contributed by atoms with Gasteiger partial charge in [-0.15, -0.1) is 0 Å². The van der Waals surface area contributed by atoms with Gasteiger partial charge in [-0.05, 0) is 26.7 Å². The van der Waals surface area contributed by atoms with E-state index in [2.05, 4.69) is 0 Å². The number of carboxylic acid groups (broad SMARTS) is 2. The van der Waals surface area contributed by atoms with E-state index in [0.29, 0.717) is 18.9 Å². The van der Waals surface area contributed by atoms with Gasteiger partial charge in [0.15, 0.2) is 0 Å². The van der Waals surface area contributed by atoms with E-state index < -0.39 is 23.8 Å². The number of rotatable bonds is 7. The minimum Gasteiger partial charge on any atom is -0.549 e. The largest absolute Gasteiger partial charge is 0.549 e. The predicted molar refractivity (Wildman–Crippen MR) is 75.2 cm³/mol. The number of carboxylic acids is 2. The Morgan fingerprint density at radius 2 is 1.09 bits per heavy atom. The third kappa shape index (κ3) is 17.1. The molecule has 0 amide bonds. The fourth-order valence-corrected chi connectivity index (χ4v) is 1.24. The van der Waals surface area contributed by atoms with E-state index in [1.54, 1.807) is 34.7 Å². The van der Waals surface area contributed by atoms with Crippen LogP contribution in [0.25, 0.3) is 0 Å². The summed E-state index contributed by atoms with van der Waals surface area (Å²) in [5, 5.41) is 20.1. The van der Waals surface area contributed by atoms with Crippen molar-refractivity contribution in [2.45, 2.75) is 60.5 Å².